The van der Waals surface area contributed by atoms with Crippen LogP contribution in [0.1, 0.15) is 19.3 Å². The van der Waals surface area contributed by atoms with Crippen LogP contribution in [-0.4, -0.2) is 13.2 Å². The normalized spacial score (nSPS) is 20.6. The van der Waals surface area contributed by atoms with Gasteiger partial charge in [0, 0.05) is 0 Å². The van der Waals surface area contributed by atoms with Crippen LogP contribution in [-0.2, 0) is 0 Å². The lowest BCUT2D eigenvalue weighted by molar-refractivity contribution is 0.714. The summed E-state index contributed by atoms with van der Waals surface area (Å²) in [6.07, 6.45) is 4.41. The second-order valence-electron chi connectivity index (χ2n) is 2.41. The van der Waals surface area contributed by atoms with E-state index < -0.39 is 0 Å². The summed E-state index contributed by atoms with van der Waals surface area (Å²) >= 11 is 0. The van der Waals surface area contributed by atoms with Crippen LogP contribution in [0.3, 0.4) is 0 Å². The molecule has 1 aliphatic carbocycles. The van der Waals surface area contributed by atoms with Crippen molar-refractivity contribution < 1.29 is 0 Å². The third kappa shape index (κ3) is 2.64. The van der Waals surface area contributed by atoms with E-state index in [4.69, 9.17) is 0 Å². The van der Waals surface area contributed by atoms with E-state index in [0.717, 1.165) is 14.6 Å². The first-order valence-electron chi connectivity index (χ1n) is 3.33. The molecule has 0 aromatic heterocycles. The molecule has 0 aromatic carbocycles. The van der Waals surface area contributed by atoms with E-state index in [1.54, 1.807) is 0 Å². The third-order valence-electron chi connectivity index (χ3n) is 1.55. The third-order valence-corrected chi connectivity index (χ3v) is 2.15. The van der Waals surface area contributed by atoms with E-state index in [1.165, 1.54) is 25.8 Å². The van der Waals surface area contributed by atoms with Crippen molar-refractivity contribution in [1.82, 2.24) is 5.09 Å². The van der Waals surface area contributed by atoms with Crippen molar-refractivity contribution in [1.29, 1.82) is 0 Å². The van der Waals surface area contributed by atoms with Crippen LogP contribution in [0.15, 0.2) is 0 Å². The summed E-state index contributed by atoms with van der Waals surface area (Å²) in [5, 5.41) is 3.35. The number of rotatable bonds is 4. The Kier molecular flexibility index (Phi) is 2.78. The highest BCUT2D eigenvalue weighted by Gasteiger charge is 2.19. The van der Waals surface area contributed by atoms with E-state index in [9.17, 15) is 0 Å². The first-order valence-corrected chi connectivity index (χ1v) is 4.83. The molecule has 0 bridgehead atoms. The summed E-state index contributed by atoms with van der Waals surface area (Å²) in [4.78, 5) is 0. The van der Waals surface area contributed by atoms with E-state index in [0.29, 0.717) is 0 Å². The van der Waals surface area contributed by atoms with Crippen molar-refractivity contribution in [3.05, 3.63) is 0 Å². The van der Waals surface area contributed by atoms with E-state index >= 15 is 0 Å². The first kappa shape index (κ1) is 6.51. The van der Waals surface area contributed by atoms with Gasteiger partial charge in [0.2, 0.25) is 0 Å². The monoisotopic (exact) mass is 131 g/mol. The zero-order chi connectivity index (χ0) is 5.82. The fraction of sp³-hybridized carbons (Fsp3) is 1.00. The van der Waals surface area contributed by atoms with Gasteiger partial charge in [-0.1, -0.05) is 21.6 Å². The maximum absolute atomic E-state index is 3.35. The summed E-state index contributed by atoms with van der Waals surface area (Å²) < 4.78 is 0. The second kappa shape index (κ2) is 3.42. The molecule has 1 saturated carbocycles. The van der Waals surface area contributed by atoms with Gasteiger partial charge in [0.05, 0.1) is 0 Å². The van der Waals surface area contributed by atoms with Gasteiger partial charge in [0.25, 0.3) is 0 Å². The predicted molar refractivity (Wildman–Crippen MR) is 39.6 cm³/mol. The highest BCUT2D eigenvalue weighted by Crippen LogP contribution is 2.31. The van der Waals surface area contributed by atoms with Crippen molar-refractivity contribution in [2.24, 2.45) is 5.92 Å². The van der Waals surface area contributed by atoms with Crippen LogP contribution >= 0.6 is 8.73 Å². The van der Waals surface area contributed by atoms with Gasteiger partial charge in [0.1, 0.15) is 0 Å². The minimum absolute atomic E-state index is 0.935. The van der Waals surface area contributed by atoms with Crippen LogP contribution in [0.25, 0.3) is 0 Å². The Labute approximate surface area is 53.1 Å². The summed E-state index contributed by atoms with van der Waals surface area (Å²) in [6.45, 7) is 3.44. The topological polar surface area (TPSA) is 12.0 Å². The Morgan fingerprint density at radius 2 is 2.38 bits per heavy atom. The SMILES string of the molecule is CPNCCC1CC1. The van der Waals surface area contributed by atoms with Crippen molar-refractivity contribution in [3.8, 4) is 0 Å². The van der Waals surface area contributed by atoms with Gasteiger partial charge < -0.3 is 0 Å². The molecule has 0 saturated heterocycles. The Balaban J connectivity index is 1.74. The van der Waals surface area contributed by atoms with Crippen LogP contribution < -0.4 is 5.09 Å². The van der Waals surface area contributed by atoms with E-state index in [1.807, 2.05) is 0 Å². The standard InChI is InChI=1S/C6H14NP/c1-8-7-5-4-6-2-3-6/h6-8H,2-5H2,1H3. The highest BCUT2D eigenvalue weighted by atomic mass is 31.1. The molecule has 1 unspecified atom stereocenters. The highest BCUT2D eigenvalue weighted by molar-refractivity contribution is 7.34. The molecule has 1 N–H and O–H groups in total. The Morgan fingerprint density at radius 1 is 1.62 bits per heavy atom. The van der Waals surface area contributed by atoms with Gasteiger partial charge in [-0.3, -0.25) is 5.09 Å². The molecule has 0 aliphatic heterocycles. The zero-order valence-corrected chi connectivity index (χ0v) is 6.41. The molecule has 1 fully saturated rings. The number of hydrogen-bond donors (Lipinski definition) is 1. The molecule has 0 heterocycles. The molecule has 1 atom stereocenters. The fourth-order valence-electron chi connectivity index (χ4n) is 0.808. The van der Waals surface area contributed by atoms with Gasteiger partial charge in [-0.05, 0) is 25.5 Å². The van der Waals surface area contributed by atoms with Gasteiger partial charge in [0.15, 0.2) is 0 Å². The first-order chi connectivity index (χ1) is 3.93. The molecule has 0 radical (unpaired) electrons. The number of hydrogen-bond acceptors (Lipinski definition) is 1. The lowest BCUT2D eigenvalue weighted by Gasteiger charge is -1.96. The molecule has 0 amide bonds. The van der Waals surface area contributed by atoms with Crippen LogP contribution in [0.2, 0.25) is 0 Å². The fourth-order valence-corrected chi connectivity index (χ4v) is 1.20. The Bertz CT molecular complexity index is 61.5. The summed E-state index contributed by atoms with van der Waals surface area (Å²) in [5.74, 6) is 1.10. The molecular formula is C6H14NP. The van der Waals surface area contributed by atoms with Gasteiger partial charge >= 0.3 is 0 Å². The molecule has 2 heteroatoms. The molecule has 0 spiro atoms. The predicted octanol–water partition coefficient (Wildman–Crippen LogP) is 1.60. The minimum Gasteiger partial charge on any atom is -0.298 e. The summed E-state index contributed by atoms with van der Waals surface area (Å²) in [7, 11) is 0.935. The molecular weight excluding hydrogens is 117 g/mol. The van der Waals surface area contributed by atoms with Crippen molar-refractivity contribution >= 4 is 8.73 Å². The van der Waals surface area contributed by atoms with E-state index in [-0.39, 0.29) is 0 Å². The zero-order valence-electron chi connectivity index (χ0n) is 5.41. The van der Waals surface area contributed by atoms with Crippen LogP contribution in [0.5, 0.6) is 0 Å². The van der Waals surface area contributed by atoms with E-state index in [2.05, 4.69) is 11.8 Å². The maximum Gasteiger partial charge on any atom is -0.000961 e. The summed E-state index contributed by atoms with van der Waals surface area (Å²) in [6, 6.07) is 0. The largest absolute Gasteiger partial charge is 0.298 e. The quantitative estimate of drug-likeness (QED) is 0.451. The van der Waals surface area contributed by atoms with Crippen molar-refractivity contribution in [2.75, 3.05) is 13.2 Å². The molecule has 48 valence electrons. The van der Waals surface area contributed by atoms with Gasteiger partial charge in [-0.25, -0.2) is 0 Å². The molecule has 1 aliphatic rings. The average Bonchev–Trinajstić information content (AvgIpc) is 2.51. The second-order valence-corrected chi connectivity index (χ2v) is 3.26. The molecule has 0 aromatic rings. The summed E-state index contributed by atoms with van der Waals surface area (Å²) in [5.41, 5.74) is 0. The number of nitrogens with one attached hydrogen (secondary N) is 1. The molecule has 8 heavy (non-hydrogen) atoms. The van der Waals surface area contributed by atoms with Crippen molar-refractivity contribution in [3.63, 3.8) is 0 Å². The molecule has 1 rings (SSSR count). The molecule has 1 nitrogen and oxygen atoms in total. The Morgan fingerprint density at radius 3 is 2.88 bits per heavy atom. The van der Waals surface area contributed by atoms with Gasteiger partial charge in [-0.15, -0.1) is 0 Å². The van der Waals surface area contributed by atoms with Crippen molar-refractivity contribution in [2.45, 2.75) is 19.3 Å². The lowest BCUT2D eigenvalue weighted by Crippen LogP contribution is -2.02. The maximum atomic E-state index is 3.35. The smallest absolute Gasteiger partial charge is 0.000961 e. The Hall–Kier alpha value is 0.390. The van der Waals surface area contributed by atoms with Crippen LogP contribution in [0, 0.1) is 5.92 Å². The van der Waals surface area contributed by atoms with Crippen LogP contribution in [0.4, 0.5) is 0 Å². The van der Waals surface area contributed by atoms with Gasteiger partial charge in [-0.2, -0.15) is 0 Å². The average molecular weight is 131 g/mol. The minimum atomic E-state index is 0.935. The lowest BCUT2D eigenvalue weighted by atomic mass is 10.3.